The molecule has 0 aliphatic rings. The lowest BCUT2D eigenvalue weighted by Gasteiger charge is -2.04. The van der Waals surface area contributed by atoms with Gasteiger partial charge in [-0.05, 0) is 41.7 Å². The number of aromatic nitrogens is 4. The first-order valence-electron chi connectivity index (χ1n) is 7.98. The molecule has 0 spiro atoms. The summed E-state index contributed by atoms with van der Waals surface area (Å²) in [6.07, 6.45) is 8.97. The maximum atomic E-state index is 4.14. The standard InChI is InChI=1S/C17H25N4/c1-2-3-10-15-21-17(18-19-20-21)14-9-5-8-13-16-11-6-4-7-12-16/h4,6-7,11-12H,1-3,5,8-10,13-15H2. The van der Waals surface area contributed by atoms with E-state index in [1.807, 2.05) is 4.68 Å². The van der Waals surface area contributed by atoms with E-state index >= 15 is 0 Å². The van der Waals surface area contributed by atoms with E-state index in [0.29, 0.717) is 0 Å². The smallest absolute Gasteiger partial charge is 0.151 e. The third-order valence-electron chi connectivity index (χ3n) is 3.68. The number of rotatable bonds is 10. The summed E-state index contributed by atoms with van der Waals surface area (Å²) < 4.78 is 1.95. The van der Waals surface area contributed by atoms with Gasteiger partial charge in [-0.1, -0.05) is 56.5 Å². The van der Waals surface area contributed by atoms with Crippen LogP contribution in [0, 0.1) is 6.92 Å². The molecule has 0 unspecified atom stereocenters. The van der Waals surface area contributed by atoms with E-state index in [2.05, 4.69) is 52.8 Å². The highest BCUT2D eigenvalue weighted by Gasteiger charge is 2.05. The first-order valence-corrected chi connectivity index (χ1v) is 7.98. The molecule has 1 heterocycles. The molecule has 21 heavy (non-hydrogen) atoms. The van der Waals surface area contributed by atoms with Crippen LogP contribution in [0.4, 0.5) is 0 Å². The Bertz CT molecular complexity index is 493. The Labute approximate surface area is 127 Å². The molecule has 0 bridgehead atoms. The number of hydrogen-bond donors (Lipinski definition) is 0. The maximum Gasteiger partial charge on any atom is 0.151 e. The Balaban J connectivity index is 1.63. The third kappa shape index (κ3) is 5.66. The molecule has 113 valence electrons. The SMILES string of the molecule is [CH2]CCCCn1nnnc1CCCCCc1ccccc1. The Morgan fingerprint density at radius 3 is 2.52 bits per heavy atom. The van der Waals surface area contributed by atoms with Gasteiger partial charge in [-0.25, -0.2) is 4.68 Å². The minimum Gasteiger partial charge on any atom is -0.230 e. The zero-order valence-corrected chi connectivity index (χ0v) is 12.7. The molecule has 0 saturated carbocycles. The molecule has 0 aliphatic heterocycles. The van der Waals surface area contributed by atoms with E-state index in [-0.39, 0.29) is 0 Å². The highest BCUT2D eigenvalue weighted by Crippen LogP contribution is 2.09. The Kier molecular flexibility index (Phi) is 6.92. The molecule has 0 atom stereocenters. The second kappa shape index (κ2) is 9.27. The highest BCUT2D eigenvalue weighted by molar-refractivity contribution is 5.14. The average Bonchev–Trinajstić information content (AvgIpc) is 2.96. The summed E-state index contributed by atoms with van der Waals surface area (Å²) in [4.78, 5) is 0. The zero-order chi connectivity index (χ0) is 14.8. The molecular weight excluding hydrogens is 260 g/mol. The Hall–Kier alpha value is -1.71. The van der Waals surface area contributed by atoms with Crippen LogP contribution in [0.25, 0.3) is 0 Å². The van der Waals surface area contributed by atoms with Crippen molar-refractivity contribution in [3.63, 3.8) is 0 Å². The van der Waals surface area contributed by atoms with Crippen molar-refractivity contribution in [2.45, 2.75) is 57.9 Å². The molecule has 1 aromatic carbocycles. The van der Waals surface area contributed by atoms with Crippen molar-refractivity contribution in [3.05, 3.63) is 48.6 Å². The van der Waals surface area contributed by atoms with Crippen LogP contribution in [0.5, 0.6) is 0 Å². The molecule has 1 radical (unpaired) electrons. The molecular formula is C17H25N4. The van der Waals surface area contributed by atoms with E-state index in [9.17, 15) is 0 Å². The fourth-order valence-corrected chi connectivity index (χ4v) is 2.45. The topological polar surface area (TPSA) is 43.6 Å². The van der Waals surface area contributed by atoms with Crippen LogP contribution in [0.3, 0.4) is 0 Å². The fraction of sp³-hybridized carbons (Fsp3) is 0.529. The summed E-state index contributed by atoms with van der Waals surface area (Å²) in [6.45, 7) is 4.78. The van der Waals surface area contributed by atoms with Gasteiger partial charge < -0.3 is 0 Å². The van der Waals surface area contributed by atoms with Gasteiger partial charge in [-0.15, -0.1) is 5.10 Å². The summed E-state index contributed by atoms with van der Waals surface area (Å²) >= 11 is 0. The monoisotopic (exact) mass is 285 g/mol. The fourth-order valence-electron chi connectivity index (χ4n) is 2.45. The number of aryl methyl sites for hydroxylation is 3. The minimum absolute atomic E-state index is 0.919. The normalized spacial score (nSPS) is 10.9. The van der Waals surface area contributed by atoms with Gasteiger partial charge in [0.2, 0.25) is 0 Å². The number of tetrazole rings is 1. The van der Waals surface area contributed by atoms with Gasteiger partial charge in [0.05, 0.1) is 0 Å². The lowest BCUT2D eigenvalue weighted by atomic mass is 10.1. The van der Waals surface area contributed by atoms with Crippen molar-refractivity contribution in [2.24, 2.45) is 0 Å². The third-order valence-corrected chi connectivity index (χ3v) is 3.68. The average molecular weight is 285 g/mol. The molecule has 0 amide bonds. The molecule has 0 N–H and O–H groups in total. The number of benzene rings is 1. The van der Waals surface area contributed by atoms with E-state index < -0.39 is 0 Å². The predicted molar refractivity (Wildman–Crippen MR) is 84.7 cm³/mol. The lowest BCUT2D eigenvalue weighted by molar-refractivity contribution is 0.516. The summed E-state index contributed by atoms with van der Waals surface area (Å²) in [5, 5.41) is 12.0. The Morgan fingerprint density at radius 1 is 0.905 bits per heavy atom. The number of hydrogen-bond acceptors (Lipinski definition) is 3. The molecule has 4 nitrogen and oxygen atoms in total. The molecule has 2 rings (SSSR count). The summed E-state index contributed by atoms with van der Waals surface area (Å²) in [6, 6.07) is 10.7. The second-order valence-corrected chi connectivity index (χ2v) is 5.43. The number of nitrogens with zero attached hydrogens (tertiary/aromatic N) is 4. The molecule has 4 heteroatoms. The van der Waals surface area contributed by atoms with Gasteiger partial charge in [-0.2, -0.15) is 0 Å². The van der Waals surface area contributed by atoms with Crippen molar-refractivity contribution in [1.82, 2.24) is 20.2 Å². The van der Waals surface area contributed by atoms with Gasteiger partial charge in [0, 0.05) is 13.0 Å². The van der Waals surface area contributed by atoms with Crippen LogP contribution in [0.15, 0.2) is 30.3 Å². The lowest BCUT2D eigenvalue weighted by Crippen LogP contribution is -2.06. The second-order valence-electron chi connectivity index (χ2n) is 5.43. The van der Waals surface area contributed by atoms with Gasteiger partial charge in [-0.3, -0.25) is 0 Å². The summed E-state index contributed by atoms with van der Waals surface area (Å²) in [5.41, 5.74) is 1.43. The summed E-state index contributed by atoms with van der Waals surface area (Å²) in [7, 11) is 0. The molecule has 0 saturated heterocycles. The quantitative estimate of drug-likeness (QED) is 0.626. The van der Waals surface area contributed by atoms with Crippen LogP contribution in [0.2, 0.25) is 0 Å². The van der Waals surface area contributed by atoms with Crippen molar-refractivity contribution in [3.8, 4) is 0 Å². The van der Waals surface area contributed by atoms with Crippen molar-refractivity contribution in [1.29, 1.82) is 0 Å². The summed E-state index contributed by atoms with van der Waals surface area (Å²) in [5.74, 6) is 1.03. The van der Waals surface area contributed by atoms with Crippen molar-refractivity contribution < 1.29 is 0 Å². The zero-order valence-electron chi connectivity index (χ0n) is 12.7. The van der Waals surface area contributed by atoms with E-state index in [1.54, 1.807) is 0 Å². The first kappa shape index (κ1) is 15.7. The van der Waals surface area contributed by atoms with Crippen LogP contribution in [-0.2, 0) is 19.4 Å². The predicted octanol–water partition coefficient (Wildman–Crippen LogP) is 3.63. The Morgan fingerprint density at radius 2 is 1.71 bits per heavy atom. The van der Waals surface area contributed by atoms with Gasteiger partial charge in [0.15, 0.2) is 5.82 Å². The van der Waals surface area contributed by atoms with Crippen LogP contribution < -0.4 is 0 Å². The van der Waals surface area contributed by atoms with Gasteiger partial charge >= 0.3 is 0 Å². The van der Waals surface area contributed by atoms with Crippen LogP contribution >= 0.6 is 0 Å². The van der Waals surface area contributed by atoms with Crippen LogP contribution in [0.1, 0.15) is 49.9 Å². The molecule has 0 fully saturated rings. The van der Waals surface area contributed by atoms with Crippen molar-refractivity contribution >= 4 is 0 Å². The largest absolute Gasteiger partial charge is 0.230 e. The van der Waals surface area contributed by atoms with Crippen molar-refractivity contribution in [2.75, 3.05) is 0 Å². The highest BCUT2D eigenvalue weighted by atomic mass is 15.5. The van der Waals surface area contributed by atoms with Gasteiger partial charge in [0.1, 0.15) is 0 Å². The molecule has 0 aliphatic carbocycles. The molecule has 2 aromatic rings. The minimum atomic E-state index is 0.919. The van der Waals surface area contributed by atoms with Gasteiger partial charge in [0.25, 0.3) is 0 Å². The first-order chi connectivity index (χ1) is 10.4. The maximum absolute atomic E-state index is 4.14. The van der Waals surface area contributed by atoms with E-state index in [1.165, 1.54) is 18.4 Å². The van der Waals surface area contributed by atoms with Crippen LogP contribution in [-0.4, -0.2) is 20.2 Å². The molecule has 1 aromatic heterocycles. The number of unbranched alkanes of at least 4 members (excludes halogenated alkanes) is 4. The van der Waals surface area contributed by atoms with E-state index in [4.69, 9.17) is 0 Å². The van der Waals surface area contributed by atoms with E-state index in [0.717, 1.165) is 50.9 Å².